The smallest absolute Gasteiger partial charge is 0.131 e. The molecule has 0 aromatic carbocycles. The molecule has 1 aliphatic rings. The summed E-state index contributed by atoms with van der Waals surface area (Å²) < 4.78 is 5.36. The standard InChI is InChI=1S/C13H21N3O/c1-3-14-9-12-8-11(2)13(15-10-12)16-4-6-17-7-5-16/h8,10,14H,3-7,9H2,1-2H3. The zero-order chi connectivity index (χ0) is 12.1. The molecule has 0 bridgehead atoms. The highest BCUT2D eigenvalue weighted by Gasteiger charge is 2.14. The van der Waals surface area contributed by atoms with Gasteiger partial charge in [-0.25, -0.2) is 4.98 Å². The minimum Gasteiger partial charge on any atom is -0.378 e. The monoisotopic (exact) mass is 235 g/mol. The summed E-state index contributed by atoms with van der Waals surface area (Å²) in [5.41, 5.74) is 2.50. The number of nitrogens with one attached hydrogen (secondary N) is 1. The number of nitrogens with zero attached hydrogens (tertiary/aromatic N) is 2. The van der Waals surface area contributed by atoms with Gasteiger partial charge < -0.3 is 15.0 Å². The molecule has 1 fully saturated rings. The lowest BCUT2D eigenvalue weighted by Crippen LogP contribution is -2.37. The van der Waals surface area contributed by atoms with Gasteiger partial charge in [0.25, 0.3) is 0 Å². The maximum Gasteiger partial charge on any atom is 0.131 e. The van der Waals surface area contributed by atoms with Crippen LogP contribution in [0.15, 0.2) is 12.3 Å². The number of aryl methyl sites for hydroxylation is 1. The summed E-state index contributed by atoms with van der Waals surface area (Å²) in [6, 6.07) is 2.22. The van der Waals surface area contributed by atoms with Gasteiger partial charge in [-0.3, -0.25) is 0 Å². The van der Waals surface area contributed by atoms with E-state index in [-0.39, 0.29) is 0 Å². The molecular weight excluding hydrogens is 214 g/mol. The fourth-order valence-corrected chi connectivity index (χ4v) is 2.10. The van der Waals surface area contributed by atoms with Crippen LogP contribution in [0.4, 0.5) is 5.82 Å². The van der Waals surface area contributed by atoms with Crippen LogP contribution in [0.2, 0.25) is 0 Å². The van der Waals surface area contributed by atoms with E-state index in [1.165, 1.54) is 11.1 Å². The number of rotatable bonds is 4. The van der Waals surface area contributed by atoms with E-state index in [9.17, 15) is 0 Å². The Kier molecular flexibility index (Phi) is 4.34. The largest absolute Gasteiger partial charge is 0.378 e. The van der Waals surface area contributed by atoms with Crippen LogP contribution >= 0.6 is 0 Å². The Bertz CT molecular complexity index is 362. The zero-order valence-corrected chi connectivity index (χ0v) is 10.7. The molecule has 1 aromatic rings. The van der Waals surface area contributed by atoms with Crippen LogP contribution in [0.5, 0.6) is 0 Å². The third kappa shape index (κ3) is 3.17. The van der Waals surface area contributed by atoms with Gasteiger partial charge in [-0.1, -0.05) is 6.92 Å². The van der Waals surface area contributed by atoms with E-state index >= 15 is 0 Å². The van der Waals surface area contributed by atoms with Gasteiger partial charge in [0.05, 0.1) is 13.2 Å². The highest BCUT2D eigenvalue weighted by molar-refractivity contribution is 5.47. The Labute approximate surface area is 103 Å². The molecule has 1 N–H and O–H groups in total. The van der Waals surface area contributed by atoms with Gasteiger partial charge in [-0.15, -0.1) is 0 Å². The molecule has 1 aliphatic heterocycles. The lowest BCUT2D eigenvalue weighted by atomic mass is 10.2. The van der Waals surface area contributed by atoms with E-state index in [0.29, 0.717) is 0 Å². The lowest BCUT2D eigenvalue weighted by Gasteiger charge is -2.29. The van der Waals surface area contributed by atoms with Gasteiger partial charge in [0.15, 0.2) is 0 Å². The molecule has 0 saturated carbocycles. The zero-order valence-electron chi connectivity index (χ0n) is 10.7. The van der Waals surface area contributed by atoms with E-state index in [1.807, 2.05) is 6.20 Å². The molecule has 0 unspecified atom stereocenters. The van der Waals surface area contributed by atoms with Gasteiger partial charge in [0, 0.05) is 25.8 Å². The van der Waals surface area contributed by atoms with Crippen LogP contribution < -0.4 is 10.2 Å². The summed E-state index contributed by atoms with van der Waals surface area (Å²) in [4.78, 5) is 6.89. The number of ether oxygens (including phenoxy) is 1. The Morgan fingerprint density at radius 1 is 1.41 bits per heavy atom. The molecule has 1 aromatic heterocycles. The van der Waals surface area contributed by atoms with E-state index in [1.54, 1.807) is 0 Å². The van der Waals surface area contributed by atoms with Crippen molar-refractivity contribution < 1.29 is 4.74 Å². The van der Waals surface area contributed by atoms with Gasteiger partial charge >= 0.3 is 0 Å². The first-order chi connectivity index (χ1) is 8.31. The number of pyridine rings is 1. The van der Waals surface area contributed by atoms with Crippen molar-refractivity contribution in [3.63, 3.8) is 0 Å². The highest BCUT2D eigenvalue weighted by atomic mass is 16.5. The molecular formula is C13H21N3O. The average Bonchev–Trinajstić information content (AvgIpc) is 2.37. The summed E-state index contributed by atoms with van der Waals surface area (Å²) in [6.07, 6.45) is 1.97. The summed E-state index contributed by atoms with van der Waals surface area (Å²) >= 11 is 0. The Balaban J connectivity index is 2.07. The maximum absolute atomic E-state index is 5.36. The van der Waals surface area contributed by atoms with Crippen molar-refractivity contribution in [1.29, 1.82) is 0 Å². The predicted molar refractivity (Wildman–Crippen MR) is 69.4 cm³/mol. The van der Waals surface area contributed by atoms with Gasteiger partial charge in [-0.2, -0.15) is 0 Å². The van der Waals surface area contributed by atoms with Crippen LogP contribution in [0.3, 0.4) is 0 Å². The van der Waals surface area contributed by atoms with E-state index in [2.05, 4.69) is 35.1 Å². The van der Waals surface area contributed by atoms with Crippen molar-refractivity contribution in [3.05, 3.63) is 23.4 Å². The SMILES string of the molecule is CCNCc1cnc(N2CCOCC2)c(C)c1. The number of hydrogen-bond donors (Lipinski definition) is 1. The van der Waals surface area contributed by atoms with Crippen LogP contribution in [-0.2, 0) is 11.3 Å². The molecule has 2 heterocycles. The van der Waals surface area contributed by atoms with Crippen molar-refractivity contribution in [2.24, 2.45) is 0 Å². The van der Waals surface area contributed by atoms with Crippen molar-refractivity contribution in [1.82, 2.24) is 10.3 Å². The highest BCUT2D eigenvalue weighted by Crippen LogP contribution is 2.18. The normalized spacial score (nSPS) is 16.2. The molecule has 4 nitrogen and oxygen atoms in total. The molecule has 94 valence electrons. The van der Waals surface area contributed by atoms with Crippen molar-refractivity contribution in [2.45, 2.75) is 20.4 Å². The average molecular weight is 235 g/mol. The molecule has 0 spiro atoms. The first-order valence-corrected chi connectivity index (χ1v) is 6.30. The molecule has 0 aliphatic carbocycles. The van der Waals surface area contributed by atoms with Gasteiger partial charge in [0.1, 0.15) is 5.82 Å². The minimum absolute atomic E-state index is 0.806. The van der Waals surface area contributed by atoms with Gasteiger partial charge in [-0.05, 0) is 30.7 Å². The number of anilines is 1. The van der Waals surface area contributed by atoms with E-state index < -0.39 is 0 Å². The Morgan fingerprint density at radius 2 is 2.18 bits per heavy atom. The van der Waals surface area contributed by atoms with Crippen LogP contribution in [0.25, 0.3) is 0 Å². The third-order valence-corrected chi connectivity index (χ3v) is 3.00. The summed E-state index contributed by atoms with van der Waals surface area (Å²) in [6.45, 7) is 9.63. The molecule has 0 atom stereocenters. The molecule has 2 rings (SSSR count). The fraction of sp³-hybridized carbons (Fsp3) is 0.615. The second-order valence-corrected chi connectivity index (χ2v) is 4.36. The van der Waals surface area contributed by atoms with Gasteiger partial charge in [0.2, 0.25) is 0 Å². The fourth-order valence-electron chi connectivity index (χ4n) is 2.10. The predicted octanol–water partition coefficient (Wildman–Crippen LogP) is 1.34. The molecule has 17 heavy (non-hydrogen) atoms. The number of morpholine rings is 1. The third-order valence-electron chi connectivity index (χ3n) is 3.00. The second-order valence-electron chi connectivity index (χ2n) is 4.36. The first-order valence-electron chi connectivity index (χ1n) is 6.30. The van der Waals surface area contributed by atoms with E-state index in [4.69, 9.17) is 4.74 Å². The maximum atomic E-state index is 5.36. The molecule has 4 heteroatoms. The second kappa shape index (κ2) is 5.98. The Morgan fingerprint density at radius 3 is 2.82 bits per heavy atom. The summed E-state index contributed by atoms with van der Waals surface area (Å²) in [5, 5.41) is 3.32. The van der Waals surface area contributed by atoms with Crippen LogP contribution in [0, 0.1) is 6.92 Å². The first kappa shape index (κ1) is 12.3. The topological polar surface area (TPSA) is 37.4 Å². The molecule has 0 radical (unpaired) electrons. The molecule has 1 saturated heterocycles. The minimum atomic E-state index is 0.806. The lowest BCUT2D eigenvalue weighted by molar-refractivity contribution is 0.122. The number of aromatic nitrogens is 1. The van der Waals surface area contributed by atoms with Crippen molar-refractivity contribution in [2.75, 3.05) is 37.7 Å². The van der Waals surface area contributed by atoms with Crippen LogP contribution in [0.1, 0.15) is 18.1 Å². The van der Waals surface area contributed by atoms with Crippen LogP contribution in [-0.4, -0.2) is 37.8 Å². The number of hydrogen-bond acceptors (Lipinski definition) is 4. The summed E-state index contributed by atoms with van der Waals surface area (Å²) in [7, 11) is 0. The van der Waals surface area contributed by atoms with E-state index in [0.717, 1.165) is 45.2 Å². The summed E-state index contributed by atoms with van der Waals surface area (Å²) in [5.74, 6) is 1.11. The van der Waals surface area contributed by atoms with Crippen molar-refractivity contribution >= 4 is 5.82 Å². The van der Waals surface area contributed by atoms with Crippen molar-refractivity contribution in [3.8, 4) is 0 Å². The Hall–Kier alpha value is -1.13. The molecule has 0 amide bonds. The quantitative estimate of drug-likeness (QED) is 0.854.